The number of hydrogen-bond donors (Lipinski definition) is 1. The van der Waals surface area contributed by atoms with Gasteiger partial charge in [-0.2, -0.15) is 0 Å². The van der Waals surface area contributed by atoms with E-state index < -0.39 is 0 Å². The molecule has 0 spiro atoms. The van der Waals surface area contributed by atoms with Crippen molar-refractivity contribution >= 4 is 26.0 Å². The summed E-state index contributed by atoms with van der Waals surface area (Å²) in [5.41, 5.74) is 0. The summed E-state index contributed by atoms with van der Waals surface area (Å²) in [5, 5.41) is 3.35. The van der Waals surface area contributed by atoms with E-state index in [4.69, 9.17) is 0 Å². The lowest BCUT2D eigenvalue weighted by molar-refractivity contribution is -0.105. The molecule has 13 heavy (non-hydrogen) atoms. The molecule has 1 fully saturated rings. The molecule has 74 valence electrons. The molecule has 0 atom stereocenters. The first-order chi connectivity index (χ1) is 6.22. The molecule has 0 aromatic heterocycles. The number of nitrogens with zero attached hydrogens (tertiary/aromatic N) is 1. The lowest BCUT2D eigenvalue weighted by atomic mass is 10.0. The third-order valence-corrected chi connectivity index (χ3v) is 4.15. The predicted octanol–water partition coefficient (Wildman–Crippen LogP) is -0.522. The topological polar surface area (TPSA) is 32.3 Å². The van der Waals surface area contributed by atoms with Crippen LogP contribution < -0.4 is 5.23 Å². The van der Waals surface area contributed by atoms with E-state index in [1.54, 1.807) is 11.8 Å². The molecule has 3 nitrogen and oxygen atoms in total. The van der Waals surface area contributed by atoms with Gasteiger partial charge in [0.1, 0.15) is 6.29 Å². The van der Waals surface area contributed by atoms with Gasteiger partial charge in [-0.3, -0.25) is 0 Å². The second-order valence-corrected chi connectivity index (χ2v) is 4.93. The van der Waals surface area contributed by atoms with Crippen LogP contribution in [0, 0.1) is 0 Å². The van der Waals surface area contributed by atoms with Gasteiger partial charge in [0.15, 0.2) is 7.98 Å². The van der Waals surface area contributed by atoms with Crippen molar-refractivity contribution in [3.05, 3.63) is 0 Å². The first kappa shape index (κ1) is 11.1. The fourth-order valence-corrected chi connectivity index (χ4v) is 2.64. The molecule has 0 aliphatic carbocycles. The van der Waals surface area contributed by atoms with Gasteiger partial charge in [-0.15, -0.1) is 11.8 Å². The second-order valence-electron chi connectivity index (χ2n) is 3.53. The Hall–Kier alpha value is 0.00494. The van der Waals surface area contributed by atoms with E-state index >= 15 is 0 Å². The summed E-state index contributed by atoms with van der Waals surface area (Å²) in [7, 11) is 4.13. The first-order valence-electron chi connectivity index (χ1n) is 4.67. The third-order valence-electron chi connectivity index (χ3n) is 2.68. The Morgan fingerprint density at radius 3 is 2.69 bits per heavy atom. The van der Waals surface area contributed by atoms with E-state index in [1.807, 2.05) is 7.98 Å². The van der Waals surface area contributed by atoms with E-state index in [0.717, 1.165) is 32.2 Å². The van der Waals surface area contributed by atoms with Gasteiger partial charge in [-0.25, -0.2) is 0 Å². The summed E-state index contributed by atoms with van der Waals surface area (Å²) < 4.78 is 0. The molecule has 0 bridgehead atoms. The summed E-state index contributed by atoms with van der Waals surface area (Å²) in [6.07, 6.45) is 3.24. The molecular formula is C8H17BN2OS. The number of aldehydes is 1. The Morgan fingerprint density at radius 1 is 1.62 bits per heavy atom. The second kappa shape index (κ2) is 5.03. The van der Waals surface area contributed by atoms with Crippen LogP contribution in [0.4, 0.5) is 0 Å². The number of piperidine rings is 1. The Bertz CT molecular complexity index is 172. The summed E-state index contributed by atoms with van der Waals surface area (Å²) >= 11 is 1.74. The Balaban J connectivity index is 2.44. The Morgan fingerprint density at radius 2 is 2.23 bits per heavy atom. The van der Waals surface area contributed by atoms with Gasteiger partial charge in [0, 0.05) is 13.1 Å². The molecule has 0 unspecified atom stereocenters. The van der Waals surface area contributed by atoms with Crippen LogP contribution in [0.3, 0.4) is 0 Å². The zero-order valence-electron chi connectivity index (χ0n) is 8.38. The molecule has 5 heteroatoms. The molecular weight excluding hydrogens is 183 g/mol. The van der Waals surface area contributed by atoms with Crippen LogP contribution in [0.1, 0.15) is 12.8 Å². The molecule has 1 rings (SSSR count). The highest BCUT2D eigenvalue weighted by Crippen LogP contribution is 2.32. The number of rotatable bonds is 4. The van der Waals surface area contributed by atoms with Crippen molar-refractivity contribution in [2.75, 3.05) is 25.9 Å². The summed E-state index contributed by atoms with van der Waals surface area (Å²) in [6, 6.07) is 0. The molecule has 0 radical (unpaired) electrons. The van der Waals surface area contributed by atoms with Gasteiger partial charge >= 0.3 is 0 Å². The lowest BCUT2D eigenvalue weighted by Gasteiger charge is -2.40. The van der Waals surface area contributed by atoms with Crippen molar-refractivity contribution in [1.82, 2.24) is 10.1 Å². The summed E-state index contributed by atoms with van der Waals surface area (Å²) in [5.74, 6) is 0.602. The minimum atomic E-state index is 0.146. The van der Waals surface area contributed by atoms with E-state index in [-0.39, 0.29) is 4.87 Å². The van der Waals surface area contributed by atoms with E-state index in [2.05, 4.69) is 17.2 Å². The number of likely N-dealkylation sites (tertiary alicyclic amines) is 1. The average molecular weight is 200 g/mol. The van der Waals surface area contributed by atoms with Gasteiger partial charge in [0.25, 0.3) is 0 Å². The fourth-order valence-electron chi connectivity index (χ4n) is 1.64. The monoisotopic (exact) mass is 200 g/mol. The quantitative estimate of drug-likeness (QED) is 0.376. The summed E-state index contributed by atoms with van der Waals surface area (Å²) in [6.45, 7) is 2.24. The minimum Gasteiger partial charge on any atom is -0.349 e. The van der Waals surface area contributed by atoms with Crippen molar-refractivity contribution in [3.63, 3.8) is 0 Å². The SMILES string of the molecule is BNC1(SCC=O)CCN(C)CC1. The van der Waals surface area contributed by atoms with Crippen LogP contribution >= 0.6 is 11.8 Å². The number of nitrogens with one attached hydrogen (secondary N) is 1. The molecule has 1 saturated heterocycles. The number of hydrogen-bond acceptors (Lipinski definition) is 4. The molecule has 0 aromatic rings. The van der Waals surface area contributed by atoms with Crippen LogP contribution in [0.2, 0.25) is 0 Å². The highest BCUT2D eigenvalue weighted by atomic mass is 32.2. The first-order valence-corrected chi connectivity index (χ1v) is 5.66. The van der Waals surface area contributed by atoms with Gasteiger partial charge in [-0.1, -0.05) is 0 Å². The Kier molecular flexibility index (Phi) is 4.29. The van der Waals surface area contributed by atoms with Crippen LogP contribution in [-0.2, 0) is 4.79 Å². The van der Waals surface area contributed by atoms with Crippen molar-refractivity contribution in [1.29, 1.82) is 0 Å². The number of thioether (sulfide) groups is 1. The van der Waals surface area contributed by atoms with Crippen molar-refractivity contribution < 1.29 is 4.79 Å². The highest BCUT2D eigenvalue weighted by molar-refractivity contribution is 8.01. The number of carbonyl (C=O) groups excluding carboxylic acids is 1. The molecule has 0 aromatic carbocycles. The minimum absolute atomic E-state index is 0.146. The molecule has 0 saturated carbocycles. The third kappa shape index (κ3) is 3.00. The highest BCUT2D eigenvalue weighted by Gasteiger charge is 2.31. The molecule has 1 aliphatic heterocycles. The van der Waals surface area contributed by atoms with Crippen molar-refractivity contribution in [3.8, 4) is 0 Å². The average Bonchev–Trinajstić information content (AvgIpc) is 2.18. The fraction of sp³-hybridized carbons (Fsp3) is 0.875. The maximum Gasteiger partial charge on any atom is 0.183 e. The zero-order chi connectivity index (χ0) is 9.73. The maximum atomic E-state index is 10.3. The number of carbonyl (C=O) groups is 1. The van der Waals surface area contributed by atoms with E-state index in [9.17, 15) is 4.79 Å². The van der Waals surface area contributed by atoms with Crippen molar-refractivity contribution in [2.45, 2.75) is 17.7 Å². The maximum absolute atomic E-state index is 10.3. The van der Waals surface area contributed by atoms with Gasteiger partial charge in [-0.05, 0) is 19.9 Å². The van der Waals surface area contributed by atoms with Crippen LogP contribution in [0.15, 0.2) is 0 Å². The standard InChI is InChI=1S/C8H17BN2OS/c1-11-4-2-8(10-9,3-5-11)13-7-6-12/h6,10H,2-5,7,9H2,1H3. The van der Waals surface area contributed by atoms with Gasteiger partial charge in [0.2, 0.25) is 0 Å². The normalized spacial score (nSPS) is 22.8. The zero-order valence-corrected chi connectivity index (χ0v) is 9.19. The lowest BCUT2D eigenvalue weighted by Crippen LogP contribution is -2.49. The van der Waals surface area contributed by atoms with E-state index in [1.165, 1.54) is 0 Å². The van der Waals surface area contributed by atoms with Crippen molar-refractivity contribution in [2.24, 2.45) is 0 Å². The molecule has 1 N–H and O–H groups in total. The van der Waals surface area contributed by atoms with Crippen LogP contribution in [0.25, 0.3) is 0 Å². The molecule has 1 heterocycles. The Labute approximate surface area is 85.1 Å². The van der Waals surface area contributed by atoms with Crippen LogP contribution in [-0.4, -0.2) is 49.9 Å². The van der Waals surface area contributed by atoms with E-state index in [0.29, 0.717) is 5.75 Å². The summed E-state index contributed by atoms with van der Waals surface area (Å²) in [4.78, 5) is 12.8. The van der Waals surface area contributed by atoms with Crippen LogP contribution in [0.5, 0.6) is 0 Å². The van der Waals surface area contributed by atoms with Gasteiger partial charge < -0.3 is 14.9 Å². The molecule has 0 amide bonds. The smallest absolute Gasteiger partial charge is 0.183 e. The predicted molar refractivity (Wildman–Crippen MR) is 59.7 cm³/mol. The van der Waals surface area contributed by atoms with Gasteiger partial charge in [0.05, 0.1) is 10.6 Å². The largest absolute Gasteiger partial charge is 0.349 e. The molecule has 1 aliphatic rings.